The molecule has 3 aromatic rings. The maximum Gasteiger partial charge on any atom is 0.287 e. The van der Waals surface area contributed by atoms with Gasteiger partial charge in [0.05, 0.1) is 18.0 Å². The molecule has 146 valence electrons. The molecule has 0 bridgehead atoms. The molecule has 0 unspecified atom stereocenters. The number of nitrogens with zero attached hydrogens (tertiary/aromatic N) is 3. The zero-order valence-electron chi connectivity index (χ0n) is 16.2. The van der Waals surface area contributed by atoms with Gasteiger partial charge in [-0.3, -0.25) is 30.2 Å². The van der Waals surface area contributed by atoms with Crippen LogP contribution in [0.25, 0.3) is 11.3 Å². The van der Waals surface area contributed by atoms with E-state index in [0.29, 0.717) is 23.6 Å². The van der Waals surface area contributed by atoms with Crippen molar-refractivity contribution in [1.82, 2.24) is 30.8 Å². The van der Waals surface area contributed by atoms with E-state index in [2.05, 4.69) is 26.1 Å². The number of hydrazine groups is 1. The summed E-state index contributed by atoms with van der Waals surface area (Å²) in [6.07, 6.45) is 0. The summed E-state index contributed by atoms with van der Waals surface area (Å²) in [5.41, 5.74) is 8.63. The van der Waals surface area contributed by atoms with Gasteiger partial charge in [-0.15, -0.1) is 0 Å². The van der Waals surface area contributed by atoms with Gasteiger partial charge in [0.2, 0.25) is 0 Å². The van der Waals surface area contributed by atoms with E-state index in [4.69, 9.17) is 4.74 Å². The van der Waals surface area contributed by atoms with Crippen LogP contribution in [0.4, 0.5) is 0 Å². The standard InChI is InChI=1S/C19H22N6O3/c1-5-28-14-8-6-13(7-9-14)18(26)22-23-19(27)16-10-15(20-21-16)17-11(2)24-25(4)12(17)3/h6-10H,5H2,1-4H3,(H,20,21)(H,22,26)(H,23,27). The Balaban J connectivity index is 1.64. The maximum absolute atomic E-state index is 12.3. The smallest absolute Gasteiger partial charge is 0.287 e. The Morgan fingerprint density at radius 2 is 1.82 bits per heavy atom. The van der Waals surface area contributed by atoms with Gasteiger partial charge in [0.25, 0.3) is 11.8 Å². The minimum Gasteiger partial charge on any atom is -0.494 e. The molecule has 0 saturated heterocycles. The molecule has 0 aliphatic rings. The molecule has 0 radical (unpaired) electrons. The van der Waals surface area contributed by atoms with Crippen LogP contribution in [0, 0.1) is 13.8 Å². The number of carbonyl (C=O) groups is 2. The molecule has 2 aromatic heterocycles. The van der Waals surface area contributed by atoms with Gasteiger partial charge in [-0.1, -0.05) is 0 Å². The molecule has 28 heavy (non-hydrogen) atoms. The zero-order chi connectivity index (χ0) is 20.3. The lowest BCUT2D eigenvalue weighted by molar-refractivity contribution is 0.0844. The Labute approximate surface area is 162 Å². The number of H-pyrrole nitrogens is 1. The molecule has 3 N–H and O–H groups in total. The lowest BCUT2D eigenvalue weighted by Crippen LogP contribution is -2.41. The average molecular weight is 382 g/mol. The van der Waals surface area contributed by atoms with Crippen molar-refractivity contribution in [3.8, 4) is 17.0 Å². The van der Waals surface area contributed by atoms with Crippen molar-refractivity contribution in [1.29, 1.82) is 0 Å². The van der Waals surface area contributed by atoms with Crippen molar-refractivity contribution in [2.45, 2.75) is 20.8 Å². The second-order valence-corrected chi connectivity index (χ2v) is 6.20. The first-order valence-electron chi connectivity index (χ1n) is 8.80. The molecule has 9 nitrogen and oxygen atoms in total. The Bertz CT molecular complexity index is 1000. The largest absolute Gasteiger partial charge is 0.494 e. The molecule has 2 heterocycles. The van der Waals surface area contributed by atoms with Crippen molar-refractivity contribution in [2.24, 2.45) is 7.05 Å². The summed E-state index contributed by atoms with van der Waals surface area (Å²) in [6.45, 7) is 6.24. The van der Waals surface area contributed by atoms with E-state index < -0.39 is 11.8 Å². The quantitative estimate of drug-likeness (QED) is 0.583. The fourth-order valence-corrected chi connectivity index (χ4v) is 2.83. The van der Waals surface area contributed by atoms with E-state index in [1.807, 2.05) is 27.8 Å². The maximum atomic E-state index is 12.3. The Hall–Kier alpha value is -3.62. The van der Waals surface area contributed by atoms with Gasteiger partial charge in [0.1, 0.15) is 11.4 Å². The van der Waals surface area contributed by atoms with E-state index in [0.717, 1.165) is 17.0 Å². The predicted molar refractivity (Wildman–Crippen MR) is 103 cm³/mol. The van der Waals surface area contributed by atoms with Gasteiger partial charge in [-0.05, 0) is 51.1 Å². The number of hydrogen-bond acceptors (Lipinski definition) is 5. The second kappa shape index (κ2) is 7.95. The van der Waals surface area contributed by atoms with Crippen molar-refractivity contribution < 1.29 is 14.3 Å². The van der Waals surface area contributed by atoms with E-state index in [1.165, 1.54) is 0 Å². The number of hydrogen-bond donors (Lipinski definition) is 3. The molecule has 2 amide bonds. The topological polar surface area (TPSA) is 114 Å². The first kappa shape index (κ1) is 19.2. The van der Waals surface area contributed by atoms with E-state index in [-0.39, 0.29) is 5.69 Å². The lowest BCUT2D eigenvalue weighted by atomic mass is 10.1. The number of ether oxygens (including phenoxy) is 1. The summed E-state index contributed by atoms with van der Waals surface area (Å²) in [7, 11) is 1.85. The predicted octanol–water partition coefficient (Wildman–Crippen LogP) is 1.90. The highest BCUT2D eigenvalue weighted by atomic mass is 16.5. The number of rotatable bonds is 5. The molecule has 1 aromatic carbocycles. The first-order chi connectivity index (χ1) is 13.4. The number of carbonyl (C=O) groups excluding carboxylic acids is 2. The molecule has 9 heteroatoms. The summed E-state index contributed by atoms with van der Waals surface area (Å²) in [5, 5.41) is 11.2. The third-order valence-corrected chi connectivity index (χ3v) is 4.30. The highest BCUT2D eigenvalue weighted by Crippen LogP contribution is 2.25. The van der Waals surface area contributed by atoms with Crippen LogP contribution in [-0.2, 0) is 7.05 Å². The lowest BCUT2D eigenvalue weighted by Gasteiger charge is -2.07. The SMILES string of the molecule is CCOc1ccc(C(=O)NNC(=O)c2cc(-c3c(C)nn(C)c3C)n[nH]2)cc1. The molecule has 0 spiro atoms. The highest BCUT2D eigenvalue weighted by molar-refractivity contribution is 5.98. The van der Waals surface area contributed by atoms with Crippen molar-refractivity contribution >= 4 is 11.8 Å². The molecular weight excluding hydrogens is 360 g/mol. The fourth-order valence-electron chi connectivity index (χ4n) is 2.83. The molecular formula is C19H22N6O3. The number of aromatic amines is 1. The second-order valence-electron chi connectivity index (χ2n) is 6.20. The van der Waals surface area contributed by atoms with Crippen LogP contribution in [-0.4, -0.2) is 38.4 Å². The third kappa shape index (κ3) is 3.88. The van der Waals surface area contributed by atoms with Crippen molar-refractivity contribution in [3.05, 3.63) is 53.0 Å². The Kier molecular flexibility index (Phi) is 5.44. The average Bonchev–Trinajstić information content (AvgIpc) is 3.25. The van der Waals surface area contributed by atoms with Crippen LogP contribution in [0.2, 0.25) is 0 Å². The van der Waals surface area contributed by atoms with Crippen molar-refractivity contribution in [2.75, 3.05) is 6.61 Å². The van der Waals surface area contributed by atoms with Gasteiger partial charge in [0.15, 0.2) is 0 Å². The minimum absolute atomic E-state index is 0.227. The number of nitrogens with one attached hydrogen (secondary N) is 3. The van der Waals surface area contributed by atoms with Gasteiger partial charge in [0, 0.05) is 23.9 Å². The van der Waals surface area contributed by atoms with E-state index >= 15 is 0 Å². The summed E-state index contributed by atoms with van der Waals surface area (Å²) < 4.78 is 7.10. The monoisotopic (exact) mass is 382 g/mol. The van der Waals surface area contributed by atoms with Gasteiger partial charge >= 0.3 is 0 Å². The highest BCUT2D eigenvalue weighted by Gasteiger charge is 2.17. The van der Waals surface area contributed by atoms with Gasteiger partial charge < -0.3 is 4.74 Å². The molecule has 3 rings (SSSR count). The number of aryl methyl sites for hydroxylation is 2. The van der Waals surface area contributed by atoms with Crippen LogP contribution in [0.5, 0.6) is 5.75 Å². The molecule has 0 fully saturated rings. The summed E-state index contributed by atoms with van der Waals surface area (Å²) in [6, 6.07) is 8.25. The van der Waals surface area contributed by atoms with Crippen molar-refractivity contribution in [3.63, 3.8) is 0 Å². The minimum atomic E-state index is -0.503. The van der Waals surface area contributed by atoms with E-state index in [1.54, 1.807) is 35.0 Å². The molecule has 0 saturated carbocycles. The zero-order valence-corrected chi connectivity index (χ0v) is 16.2. The van der Waals surface area contributed by atoms with Crippen LogP contribution in [0.15, 0.2) is 30.3 Å². The summed E-state index contributed by atoms with van der Waals surface area (Å²) in [5.74, 6) is -0.263. The van der Waals surface area contributed by atoms with Gasteiger partial charge in [-0.2, -0.15) is 10.2 Å². The first-order valence-corrected chi connectivity index (χ1v) is 8.80. The normalized spacial score (nSPS) is 10.6. The van der Waals surface area contributed by atoms with Crippen LogP contribution < -0.4 is 15.6 Å². The summed E-state index contributed by atoms with van der Waals surface area (Å²) in [4.78, 5) is 24.5. The van der Waals surface area contributed by atoms with E-state index in [9.17, 15) is 9.59 Å². The third-order valence-electron chi connectivity index (χ3n) is 4.30. The Morgan fingerprint density at radius 3 is 2.43 bits per heavy atom. The van der Waals surface area contributed by atoms with Gasteiger partial charge in [-0.25, -0.2) is 0 Å². The fraction of sp³-hybridized carbons (Fsp3) is 0.263. The Morgan fingerprint density at radius 1 is 1.14 bits per heavy atom. The molecule has 0 aliphatic carbocycles. The molecule has 0 atom stereocenters. The number of benzene rings is 1. The van der Waals surface area contributed by atoms with Crippen LogP contribution in [0.3, 0.4) is 0 Å². The molecule has 0 aliphatic heterocycles. The van der Waals surface area contributed by atoms with Crippen LogP contribution in [0.1, 0.15) is 39.2 Å². The number of amides is 2. The van der Waals surface area contributed by atoms with Crippen LogP contribution >= 0.6 is 0 Å². The summed E-state index contributed by atoms with van der Waals surface area (Å²) >= 11 is 0. The number of aromatic nitrogens is 4.